The van der Waals surface area contributed by atoms with Gasteiger partial charge in [0.2, 0.25) is 0 Å². The van der Waals surface area contributed by atoms with Gasteiger partial charge in [0.25, 0.3) is 0 Å². The number of aryl methyl sites for hydroxylation is 3. The molecule has 2 heterocycles. The molecule has 6 heteroatoms. The second kappa shape index (κ2) is 4.93. The van der Waals surface area contributed by atoms with Gasteiger partial charge < -0.3 is 0 Å². The molecular weight excluding hydrogens is 214 g/mol. The molecule has 0 radical (unpaired) electrons. The Balaban J connectivity index is 1.88. The lowest BCUT2D eigenvalue weighted by Crippen LogP contribution is -2.08. The van der Waals surface area contributed by atoms with Crippen LogP contribution in [-0.2, 0) is 19.5 Å². The van der Waals surface area contributed by atoms with Gasteiger partial charge in [0.1, 0.15) is 0 Å². The van der Waals surface area contributed by atoms with E-state index in [9.17, 15) is 0 Å². The Labute approximate surface area is 92.7 Å². The zero-order valence-electron chi connectivity index (χ0n) is 8.25. The summed E-state index contributed by atoms with van der Waals surface area (Å²) in [6.07, 6.45) is 6.38. The average molecular weight is 226 g/mol. The SMILES string of the molecule is ClCCc1cn(CCn2cccn2)nn1. The van der Waals surface area contributed by atoms with Crippen molar-refractivity contribution in [2.45, 2.75) is 19.5 Å². The zero-order chi connectivity index (χ0) is 10.5. The molecule has 5 nitrogen and oxygen atoms in total. The van der Waals surface area contributed by atoms with E-state index in [0.29, 0.717) is 5.88 Å². The van der Waals surface area contributed by atoms with Gasteiger partial charge in [-0.05, 0) is 6.07 Å². The van der Waals surface area contributed by atoms with Crippen molar-refractivity contribution in [1.29, 1.82) is 0 Å². The maximum Gasteiger partial charge on any atom is 0.0839 e. The molecule has 0 amide bonds. The van der Waals surface area contributed by atoms with Gasteiger partial charge in [-0.25, -0.2) is 0 Å². The van der Waals surface area contributed by atoms with Crippen LogP contribution in [0.2, 0.25) is 0 Å². The van der Waals surface area contributed by atoms with E-state index in [1.54, 1.807) is 6.20 Å². The van der Waals surface area contributed by atoms with E-state index < -0.39 is 0 Å². The van der Waals surface area contributed by atoms with Crippen LogP contribution < -0.4 is 0 Å². The van der Waals surface area contributed by atoms with Crippen molar-refractivity contribution >= 4 is 11.6 Å². The Morgan fingerprint density at radius 3 is 2.87 bits per heavy atom. The van der Waals surface area contributed by atoms with Crippen LogP contribution in [0.15, 0.2) is 24.7 Å². The molecule has 0 aliphatic heterocycles. The highest BCUT2D eigenvalue weighted by molar-refractivity contribution is 6.17. The third-order valence-corrected chi connectivity index (χ3v) is 2.24. The number of alkyl halides is 1. The summed E-state index contributed by atoms with van der Waals surface area (Å²) in [4.78, 5) is 0. The highest BCUT2D eigenvalue weighted by Gasteiger charge is 1.99. The van der Waals surface area contributed by atoms with Crippen molar-refractivity contribution in [3.63, 3.8) is 0 Å². The first-order valence-corrected chi connectivity index (χ1v) is 5.34. The molecule has 80 valence electrons. The smallest absolute Gasteiger partial charge is 0.0839 e. The Morgan fingerprint density at radius 1 is 1.27 bits per heavy atom. The van der Waals surface area contributed by atoms with Gasteiger partial charge in [0.15, 0.2) is 0 Å². The minimum absolute atomic E-state index is 0.581. The molecule has 0 saturated heterocycles. The second-order valence-electron chi connectivity index (χ2n) is 3.18. The number of rotatable bonds is 5. The van der Waals surface area contributed by atoms with Gasteiger partial charge in [-0.2, -0.15) is 5.10 Å². The van der Waals surface area contributed by atoms with E-state index in [1.807, 2.05) is 27.8 Å². The fourth-order valence-electron chi connectivity index (χ4n) is 1.30. The summed E-state index contributed by atoms with van der Waals surface area (Å²) in [5, 5.41) is 12.1. The van der Waals surface area contributed by atoms with Crippen LogP contribution in [-0.4, -0.2) is 30.7 Å². The standard InChI is InChI=1S/C9H12ClN5/c10-3-2-9-8-15(13-12-9)7-6-14-5-1-4-11-14/h1,4-5,8H,2-3,6-7H2. The molecule has 0 atom stereocenters. The van der Waals surface area contributed by atoms with E-state index in [2.05, 4.69) is 15.4 Å². The van der Waals surface area contributed by atoms with Gasteiger partial charge in [0.05, 0.1) is 18.8 Å². The topological polar surface area (TPSA) is 48.5 Å². The molecule has 2 rings (SSSR count). The van der Waals surface area contributed by atoms with Crippen molar-refractivity contribution in [1.82, 2.24) is 24.8 Å². The highest BCUT2D eigenvalue weighted by atomic mass is 35.5. The van der Waals surface area contributed by atoms with E-state index in [-0.39, 0.29) is 0 Å². The summed E-state index contributed by atoms with van der Waals surface area (Å²) in [5.74, 6) is 0.581. The summed E-state index contributed by atoms with van der Waals surface area (Å²) in [5.41, 5.74) is 0.936. The minimum Gasteiger partial charge on any atom is -0.271 e. The quantitative estimate of drug-likeness (QED) is 0.712. The van der Waals surface area contributed by atoms with Crippen LogP contribution in [0.5, 0.6) is 0 Å². The fraction of sp³-hybridized carbons (Fsp3) is 0.444. The molecule has 0 aromatic carbocycles. The minimum atomic E-state index is 0.581. The number of halogens is 1. The maximum absolute atomic E-state index is 5.61. The van der Waals surface area contributed by atoms with Gasteiger partial charge in [-0.3, -0.25) is 9.36 Å². The van der Waals surface area contributed by atoms with Gasteiger partial charge in [0, 0.05) is 30.9 Å². The van der Waals surface area contributed by atoms with Crippen molar-refractivity contribution < 1.29 is 0 Å². The number of hydrogen-bond donors (Lipinski definition) is 0. The summed E-state index contributed by atoms with van der Waals surface area (Å²) in [7, 11) is 0. The molecule has 0 bridgehead atoms. The predicted molar refractivity (Wildman–Crippen MR) is 56.7 cm³/mol. The molecule has 0 unspecified atom stereocenters. The van der Waals surface area contributed by atoms with Gasteiger partial charge >= 0.3 is 0 Å². The highest BCUT2D eigenvalue weighted by Crippen LogP contribution is 1.96. The average Bonchev–Trinajstić information content (AvgIpc) is 2.85. The Kier molecular flexibility index (Phi) is 3.34. The predicted octanol–water partition coefficient (Wildman–Crippen LogP) is 0.956. The molecule has 0 spiro atoms. The molecule has 15 heavy (non-hydrogen) atoms. The molecule has 0 N–H and O–H groups in total. The largest absolute Gasteiger partial charge is 0.271 e. The maximum atomic E-state index is 5.61. The Hall–Kier alpha value is -1.36. The van der Waals surface area contributed by atoms with Crippen LogP contribution in [0.1, 0.15) is 5.69 Å². The summed E-state index contributed by atoms with van der Waals surface area (Å²) in [6, 6.07) is 1.90. The molecule has 0 fully saturated rings. The summed E-state index contributed by atoms with van der Waals surface area (Å²) in [6.45, 7) is 1.58. The van der Waals surface area contributed by atoms with E-state index in [4.69, 9.17) is 11.6 Å². The third-order valence-electron chi connectivity index (χ3n) is 2.05. The first-order chi connectivity index (χ1) is 7.38. The van der Waals surface area contributed by atoms with Crippen LogP contribution in [0.3, 0.4) is 0 Å². The van der Waals surface area contributed by atoms with Crippen LogP contribution >= 0.6 is 11.6 Å². The normalized spacial score (nSPS) is 10.7. The monoisotopic (exact) mass is 225 g/mol. The number of aromatic nitrogens is 5. The summed E-state index contributed by atoms with van der Waals surface area (Å²) >= 11 is 5.61. The Bertz CT molecular complexity index is 394. The van der Waals surface area contributed by atoms with Crippen molar-refractivity contribution in [2.24, 2.45) is 0 Å². The summed E-state index contributed by atoms with van der Waals surface area (Å²) < 4.78 is 3.67. The number of hydrogen-bond acceptors (Lipinski definition) is 3. The van der Waals surface area contributed by atoms with Crippen molar-refractivity contribution in [3.8, 4) is 0 Å². The van der Waals surface area contributed by atoms with Gasteiger partial charge in [-0.15, -0.1) is 16.7 Å². The van der Waals surface area contributed by atoms with E-state index >= 15 is 0 Å². The molecule has 0 aliphatic rings. The van der Waals surface area contributed by atoms with Gasteiger partial charge in [-0.1, -0.05) is 5.21 Å². The van der Waals surface area contributed by atoms with Crippen LogP contribution in [0.25, 0.3) is 0 Å². The van der Waals surface area contributed by atoms with Crippen molar-refractivity contribution in [2.75, 3.05) is 5.88 Å². The number of nitrogens with zero attached hydrogens (tertiary/aromatic N) is 5. The lowest BCUT2D eigenvalue weighted by atomic mass is 10.4. The second-order valence-corrected chi connectivity index (χ2v) is 3.56. The fourth-order valence-corrected chi connectivity index (χ4v) is 1.49. The van der Waals surface area contributed by atoms with Crippen LogP contribution in [0.4, 0.5) is 0 Å². The molecule has 2 aromatic rings. The molecular formula is C9H12ClN5. The lowest BCUT2D eigenvalue weighted by molar-refractivity contribution is 0.490. The molecule has 2 aromatic heterocycles. The zero-order valence-corrected chi connectivity index (χ0v) is 9.01. The first-order valence-electron chi connectivity index (χ1n) is 4.81. The lowest BCUT2D eigenvalue weighted by Gasteiger charge is -2.00. The molecule has 0 aliphatic carbocycles. The van der Waals surface area contributed by atoms with E-state index in [1.165, 1.54) is 0 Å². The molecule has 0 saturated carbocycles. The van der Waals surface area contributed by atoms with Crippen LogP contribution in [0, 0.1) is 0 Å². The van der Waals surface area contributed by atoms with E-state index in [0.717, 1.165) is 25.2 Å². The Morgan fingerprint density at radius 2 is 2.13 bits per heavy atom. The third kappa shape index (κ3) is 2.79. The first kappa shape index (κ1) is 10.2. The van der Waals surface area contributed by atoms with Crippen molar-refractivity contribution in [3.05, 3.63) is 30.4 Å².